The SMILES string of the molecule is CCc1ccc2c(c1)C1(CCN(C)CC1)C(=O)N2C. The van der Waals surface area contributed by atoms with E-state index >= 15 is 0 Å². The van der Waals surface area contributed by atoms with Crippen LogP contribution in [0.1, 0.15) is 30.9 Å². The number of carbonyl (C=O) groups is 1. The number of hydrogen-bond acceptors (Lipinski definition) is 2. The fourth-order valence-corrected chi connectivity index (χ4v) is 3.51. The summed E-state index contributed by atoms with van der Waals surface area (Å²) in [5, 5.41) is 0. The number of nitrogens with zero attached hydrogens (tertiary/aromatic N) is 2. The van der Waals surface area contributed by atoms with Gasteiger partial charge in [-0.25, -0.2) is 0 Å². The standard InChI is InChI=1S/C16H22N2O/c1-4-12-5-6-14-13(11-12)16(15(19)18(14)3)7-9-17(2)10-8-16/h5-6,11H,4,7-10H2,1-3H3. The number of aryl methyl sites for hydroxylation is 1. The van der Waals surface area contributed by atoms with Crippen molar-refractivity contribution in [3.8, 4) is 0 Å². The number of anilines is 1. The van der Waals surface area contributed by atoms with Crippen molar-refractivity contribution in [3.05, 3.63) is 29.3 Å². The lowest BCUT2D eigenvalue weighted by molar-refractivity contribution is -0.124. The first-order chi connectivity index (χ1) is 9.08. The van der Waals surface area contributed by atoms with E-state index in [4.69, 9.17) is 0 Å². The maximum Gasteiger partial charge on any atom is 0.237 e. The van der Waals surface area contributed by atoms with Crippen molar-refractivity contribution >= 4 is 11.6 Å². The van der Waals surface area contributed by atoms with Crippen LogP contribution in [-0.4, -0.2) is 38.0 Å². The number of likely N-dealkylation sites (tertiary alicyclic amines) is 1. The summed E-state index contributed by atoms with van der Waals surface area (Å²) in [4.78, 5) is 16.9. The zero-order valence-electron chi connectivity index (χ0n) is 12.1. The van der Waals surface area contributed by atoms with Crippen LogP contribution >= 0.6 is 0 Å². The highest BCUT2D eigenvalue weighted by Gasteiger charge is 2.50. The first-order valence-corrected chi connectivity index (χ1v) is 7.18. The number of carbonyl (C=O) groups excluding carboxylic acids is 1. The van der Waals surface area contributed by atoms with Crippen LogP contribution in [0.2, 0.25) is 0 Å². The molecule has 2 heterocycles. The average Bonchev–Trinajstić information content (AvgIpc) is 2.64. The van der Waals surface area contributed by atoms with Gasteiger partial charge in [0.15, 0.2) is 0 Å². The summed E-state index contributed by atoms with van der Waals surface area (Å²) in [6.45, 7) is 4.19. The maximum absolute atomic E-state index is 12.8. The molecule has 0 radical (unpaired) electrons. The molecule has 19 heavy (non-hydrogen) atoms. The zero-order valence-corrected chi connectivity index (χ0v) is 12.1. The van der Waals surface area contributed by atoms with E-state index in [1.807, 2.05) is 11.9 Å². The molecule has 1 spiro atoms. The summed E-state index contributed by atoms with van der Waals surface area (Å²) in [5.41, 5.74) is 3.47. The molecule has 1 amide bonds. The third-order valence-electron chi connectivity index (χ3n) is 4.90. The molecule has 0 saturated carbocycles. The molecule has 0 bridgehead atoms. The molecule has 0 N–H and O–H groups in total. The molecule has 1 saturated heterocycles. The molecular formula is C16H22N2O. The predicted octanol–water partition coefficient (Wildman–Crippen LogP) is 2.19. The summed E-state index contributed by atoms with van der Waals surface area (Å²) in [7, 11) is 4.05. The summed E-state index contributed by atoms with van der Waals surface area (Å²) in [6.07, 6.45) is 2.93. The molecule has 0 aliphatic carbocycles. The molecule has 3 rings (SSSR count). The summed E-state index contributed by atoms with van der Waals surface area (Å²) in [5.74, 6) is 0.295. The molecule has 102 valence electrons. The summed E-state index contributed by atoms with van der Waals surface area (Å²) >= 11 is 0. The van der Waals surface area contributed by atoms with Gasteiger partial charge in [-0.15, -0.1) is 0 Å². The van der Waals surface area contributed by atoms with Gasteiger partial charge in [0.05, 0.1) is 5.41 Å². The van der Waals surface area contributed by atoms with Crippen molar-refractivity contribution in [1.29, 1.82) is 0 Å². The Bertz CT molecular complexity index is 515. The Hall–Kier alpha value is -1.35. The Kier molecular flexibility index (Phi) is 2.90. The molecule has 2 aliphatic heterocycles. The van der Waals surface area contributed by atoms with Gasteiger partial charge in [-0.1, -0.05) is 19.1 Å². The Morgan fingerprint density at radius 1 is 1.21 bits per heavy atom. The molecule has 1 aromatic carbocycles. The molecule has 0 aromatic heterocycles. The van der Waals surface area contributed by atoms with Gasteiger partial charge in [0.2, 0.25) is 5.91 Å². The highest BCUT2D eigenvalue weighted by molar-refractivity contribution is 6.07. The Morgan fingerprint density at radius 3 is 2.53 bits per heavy atom. The van der Waals surface area contributed by atoms with E-state index in [0.717, 1.165) is 38.0 Å². The molecule has 1 aromatic rings. The van der Waals surface area contributed by atoms with Crippen molar-refractivity contribution in [3.63, 3.8) is 0 Å². The van der Waals surface area contributed by atoms with Crippen LogP contribution < -0.4 is 4.90 Å². The molecular weight excluding hydrogens is 236 g/mol. The highest BCUT2D eigenvalue weighted by Crippen LogP contribution is 2.47. The van der Waals surface area contributed by atoms with Crippen molar-refractivity contribution in [1.82, 2.24) is 4.90 Å². The van der Waals surface area contributed by atoms with E-state index < -0.39 is 0 Å². The average molecular weight is 258 g/mol. The fourth-order valence-electron chi connectivity index (χ4n) is 3.51. The third-order valence-corrected chi connectivity index (χ3v) is 4.90. The highest BCUT2D eigenvalue weighted by atomic mass is 16.2. The largest absolute Gasteiger partial charge is 0.314 e. The normalized spacial score (nSPS) is 22.1. The monoisotopic (exact) mass is 258 g/mol. The van der Waals surface area contributed by atoms with Crippen LogP contribution in [-0.2, 0) is 16.6 Å². The zero-order chi connectivity index (χ0) is 13.6. The predicted molar refractivity (Wildman–Crippen MR) is 77.6 cm³/mol. The van der Waals surface area contributed by atoms with Crippen LogP contribution in [0, 0.1) is 0 Å². The lowest BCUT2D eigenvalue weighted by atomic mass is 9.73. The van der Waals surface area contributed by atoms with Crippen LogP contribution in [0.5, 0.6) is 0 Å². The van der Waals surface area contributed by atoms with Crippen LogP contribution in [0.3, 0.4) is 0 Å². The minimum Gasteiger partial charge on any atom is -0.314 e. The lowest BCUT2D eigenvalue weighted by Crippen LogP contribution is -2.47. The van der Waals surface area contributed by atoms with E-state index in [2.05, 4.69) is 37.1 Å². The van der Waals surface area contributed by atoms with Crippen LogP contribution in [0.15, 0.2) is 18.2 Å². The van der Waals surface area contributed by atoms with Crippen molar-refractivity contribution in [2.45, 2.75) is 31.6 Å². The van der Waals surface area contributed by atoms with Crippen molar-refractivity contribution < 1.29 is 4.79 Å². The summed E-state index contributed by atoms with van der Waals surface area (Å²) in [6, 6.07) is 6.54. The Balaban J connectivity index is 2.10. The number of fused-ring (bicyclic) bond motifs is 2. The minimum atomic E-state index is -0.248. The number of piperidine rings is 1. The second-order valence-electron chi connectivity index (χ2n) is 5.95. The number of hydrogen-bond donors (Lipinski definition) is 0. The quantitative estimate of drug-likeness (QED) is 0.771. The maximum atomic E-state index is 12.8. The molecule has 0 unspecified atom stereocenters. The van der Waals surface area contributed by atoms with Crippen molar-refractivity contribution in [2.75, 3.05) is 32.1 Å². The van der Waals surface area contributed by atoms with Gasteiger partial charge in [0.1, 0.15) is 0 Å². The minimum absolute atomic E-state index is 0.248. The summed E-state index contributed by atoms with van der Waals surface area (Å²) < 4.78 is 0. The Labute approximate surface area is 115 Å². The number of likely N-dealkylation sites (N-methyl/N-ethyl adjacent to an activating group) is 1. The Morgan fingerprint density at radius 2 is 1.89 bits per heavy atom. The lowest BCUT2D eigenvalue weighted by Gasteiger charge is -2.36. The second kappa shape index (κ2) is 4.34. The van der Waals surface area contributed by atoms with Gasteiger partial charge in [0, 0.05) is 12.7 Å². The molecule has 0 atom stereocenters. The van der Waals surface area contributed by atoms with E-state index in [-0.39, 0.29) is 5.41 Å². The number of rotatable bonds is 1. The number of amides is 1. The van der Waals surface area contributed by atoms with Gasteiger partial charge in [-0.2, -0.15) is 0 Å². The topological polar surface area (TPSA) is 23.6 Å². The first kappa shape index (κ1) is 12.7. The van der Waals surface area contributed by atoms with Crippen LogP contribution in [0.4, 0.5) is 5.69 Å². The van der Waals surface area contributed by atoms with Gasteiger partial charge in [0.25, 0.3) is 0 Å². The smallest absolute Gasteiger partial charge is 0.237 e. The van der Waals surface area contributed by atoms with Gasteiger partial charge < -0.3 is 9.80 Å². The van der Waals surface area contributed by atoms with Gasteiger partial charge in [-0.05, 0) is 56.6 Å². The van der Waals surface area contributed by atoms with E-state index in [0.29, 0.717) is 5.91 Å². The molecule has 3 heteroatoms. The van der Waals surface area contributed by atoms with Gasteiger partial charge in [-0.3, -0.25) is 4.79 Å². The van der Waals surface area contributed by atoms with E-state index in [1.54, 1.807) is 0 Å². The molecule has 3 nitrogen and oxygen atoms in total. The van der Waals surface area contributed by atoms with Crippen LogP contribution in [0.25, 0.3) is 0 Å². The first-order valence-electron chi connectivity index (χ1n) is 7.18. The number of benzene rings is 1. The fraction of sp³-hybridized carbons (Fsp3) is 0.562. The molecule has 2 aliphatic rings. The third kappa shape index (κ3) is 1.71. The molecule has 1 fully saturated rings. The van der Waals surface area contributed by atoms with E-state index in [1.165, 1.54) is 11.1 Å². The van der Waals surface area contributed by atoms with Crippen molar-refractivity contribution in [2.24, 2.45) is 0 Å². The van der Waals surface area contributed by atoms with Gasteiger partial charge >= 0.3 is 0 Å². The van der Waals surface area contributed by atoms with E-state index in [9.17, 15) is 4.79 Å². The second-order valence-corrected chi connectivity index (χ2v) is 5.95.